The average molecular weight is 333 g/mol. The van der Waals surface area contributed by atoms with Crippen LogP contribution >= 0.6 is 11.3 Å². The van der Waals surface area contributed by atoms with Gasteiger partial charge in [0.2, 0.25) is 0 Å². The Hall–Kier alpha value is -1.36. The first-order valence-electron chi connectivity index (χ1n) is 8.54. The molecule has 1 aromatic heterocycles. The summed E-state index contributed by atoms with van der Waals surface area (Å²) in [5, 5.41) is 8.90. The minimum Gasteiger partial charge on any atom is -0.485 e. The normalized spacial score (nSPS) is 12.3. The molecule has 0 saturated heterocycles. The molecular weight excluding hydrogens is 304 g/mol. The van der Waals surface area contributed by atoms with Crippen LogP contribution in [0.25, 0.3) is 0 Å². The van der Waals surface area contributed by atoms with Crippen molar-refractivity contribution >= 4 is 11.3 Å². The molecule has 0 aliphatic heterocycles. The van der Waals surface area contributed by atoms with E-state index < -0.39 is 0 Å². The van der Waals surface area contributed by atoms with Gasteiger partial charge in [0.05, 0.1) is 0 Å². The van der Waals surface area contributed by atoms with Crippen LogP contribution in [0, 0.1) is 0 Å². The van der Waals surface area contributed by atoms with Gasteiger partial charge in [-0.05, 0) is 55.7 Å². The SMILES string of the molecule is CCNCCc1ccccc1O[C@H](CCNCC)c1cccs1. The Morgan fingerprint density at radius 2 is 1.78 bits per heavy atom. The minimum atomic E-state index is 0.120. The lowest BCUT2D eigenvalue weighted by molar-refractivity contribution is 0.196. The van der Waals surface area contributed by atoms with Crippen molar-refractivity contribution in [3.8, 4) is 5.75 Å². The first kappa shape index (κ1) is 18.0. The molecule has 2 rings (SSSR count). The van der Waals surface area contributed by atoms with Crippen molar-refractivity contribution < 1.29 is 4.74 Å². The maximum Gasteiger partial charge on any atom is 0.134 e. The van der Waals surface area contributed by atoms with E-state index in [1.54, 1.807) is 11.3 Å². The Morgan fingerprint density at radius 1 is 1.00 bits per heavy atom. The third-order valence-electron chi connectivity index (χ3n) is 3.76. The van der Waals surface area contributed by atoms with Gasteiger partial charge in [0.15, 0.2) is 0 Å². The Bertz CT molecular complexity index is 542. The molecule has 23 heavy (non-hydrogen) atoms. The van der Waals surface area contributed by atoms with Crippen molar-refractivity contribution in [3.05, 3.63) is 52.2 Å². The Kier molecular flexibility index (Phi) is 8.15. The monoisotopic (exact) mass is 332 g/mol. The number of rotatable bonds is 11. The summed E-state index contributed by atoms with van der Waals surface area (Å²) >= 11 is 1.77. The smallest absolute Gasteiger partial charge is 0.134 e. The highest BCUT2D eigenvalue weighted by Gasteiger charge is 2.16. The summed E-state index contributed by atoms with van der Waals surface area (Å²) in [6, 6.07) is 12.7. The van der Waals surface area contributed by atoms with E-state index in [4.69, 9.17) is 4.74 Å². The fourth-order valence-electron chi connectivity index (χ4n) is 2.52. The van der Waals surface area contributed by atoms with Gasteiger partial charge in [-0.25, -0.2) is 0 Å². The lowest BCUT2D eigenvalue weighted by atomic mass is 10.1. The molecule has 126 valence electrons. The molecule has 0 radical (unpaired) electrons. The molecule has 4 heteroatoms. The molecule has 0 saturated carbocycles. The first-order valence-corrected chi connectivity index (χ1v) is 9.42. The van der Waals surface area contributed by atoms with Crippen LogP contribution in [0.1, 0.15) is 36.8 Å². The van der Waals surface area contributed by atoms with Crippen molar-refractivity contribution in [1.82, 2.24) is 10.6 Å². The van der Waals surface area contributed by atoms with Gasteiger partial charge in [0.1, 0.15) is 11.9 Å². The van der Waals surface area contributed by atoms with Crippen molar-refractivity contribution in [2.75, 3.05) is 26.2 Å². The molecule has 3 nitrogen and oxygen atoms in total. The summed E-state index contributed by atoms with van der Waals surface area (Å²) in [6.07, 6.45) is 2.10. The van der Waals surface area contributed by atoms with E-state index in [1.807, 2.05) is 0 Å². The molecule has 1 heterocycles. The van der Waals surface area contributed by atoms with Gasteiger partial charge in [-0.15, -0.1) is 11.3 Å². The summed E-state index contributed by atoms with van der Waals surface area (Å²) in [6.45, 7) is 8.23. The molecule has 1 atom stereocenters. The predicted molar refractivity (Wildman–Crippen MR) is 99.5 cm³/mol. The van der Waals surface area contributed by atoms with Crippen LogP contribution in [0.5, 0.6) is 5.75 Å². The van der Waals surface area contributed by atoms with Crippen LogP contribution in [0.2, 0.25) is 0 Å². The summed E-state index contributed by atoms with van der Waals surface area (Å²) < 4.78 is 6.41. The summed E-state index contributed by atoms with van der Waals surface area (Å²) in [4.78, 5) is 1.30. The standard InChI is InChI=1S/C19H28N2OS/c1-3-20-13-11-16-8-5-6-9-17(16)22-18(12-14-21-4-2)19-10-7-15-23-19/h5-10,15,18,20-21H,3-4,11-14H2,1-2H3/t18-/m1/s1. The molecule has 0 aliphatic carbocycles. The van der Waals surface area contributed by atoms with E-state index in [0.29, 0.717) is 0 Å². The Balaban J connectivity index is 2.06. The van der Waals surface area contributed by atoms with Crippen LogP contribution < -0.4 is 15.4 Å². The molecule has 0 bridgehead atoms. The van der Waals surface area contributed by atoms with Crippen molar-refractivity contribution in [2.24, 2.45) is 0 Å². The first-order chi connectivity index (χ1) is 11.3. The third kappa shape index (κ3) is 5.98. The number of likely N-dealkylation sites (N-methyl/N-ethyl adjacent to an activating group) is 1. The summed E-state index contributed by atoms with van der Waals surface area (Å²) in [5.41, 5.74) is 1.28. The number of nitrogens with one attached hydrogen (secondary N) is 2. The van der Waals surface area contributed by atoms with E-state index >= 15 is 0 Å². The Labute approximate surface area is 144 Å². The second kappa shape index (κ2) is 10.4. The van der Waals surface area contributed by atoms with Gasteiger partial charge in [0.25, 0.3) is 0 Å². The van der Waals surface area contributed by atoms with E-state index in [9.17, 15) is 0 Å². The van der Waals surface area contributed by atoms with E-state index in [-0.39, 0.29) is 6.10 Å². The molecule has 0 unspecified atom stereocenters. The number of hydrogen-bond donors (Lipinski definition) is 2. The fourth-order valence-corrected chi connectivity index (χ4v) is 3.31. The number of benzene rings is 1. The summed E-state index contributed by atoms with van der Waals surface area (Å²) in [7, 11) is 0. The molecule has 0 amide bonds. The van der Waals surface area contributed by atoms with Crippen LogP contribution in [0.4, 0.5) is 0 Å². The molecule has 2 N–H and O–H groups in total. The third-order valence-corrected chi connectivity index (χ3v) is 4.72. The number of ether oxygens (including phenoxy) is 1. The van der Waals surface area contributed by atoms with E-state index in [0.717, 1.165) is 44.8 Å². The lowest BCUT2D eigenvalue weighted by Crippen LogP contribution is -2.20. The number of thiophene rings is 1. The molecule has 0 fully saturated rings. The topological polar surface area (TPSA) is 33.3 Å². The fraction of sp³-hybridized carbons (Fsp3) is 0.474. The van der Waals surface area contributed by atoms with Crippen LogP contribution in [0.15, 0.2) is 41.8 Å². The largest absolute Gasteiger partial charge is 0.485 e. The molecule has 1 aromatic carbocycles. The van der Waals surface area contributed by atoms with Gasteiger partial charge in [-0.3, -0.25) is 0 Å². The molecular formula is C19H28N2OS. The zero-order valence-corrected chi connectivity index (χ0v) is 15.0. The van der Waals surface area contributed by atoms with Gasteiger partial charge in [-0.1, -0.05) is 38.1 Å². The van der Waals surface area contributed by atoms with Crippen molar-refractivity contribution in [1.29, 1.82) is 0 Å². The zero-order chi connectivity index (χ0) is 16.3. The maximum absolute atomic E-state index is 6.41. The van der Waals surface area contributed by atoms with E-state index in [2.05, 4.69) is 66.3 Å². The van der Waals surface area contributed by atoms with Crippen LogP contribution in [-0.4, -0.2) is 26.2 Å². The Morgan fingerprint density at radius 3 is 2.52 bits per heavy atom. The lowest BCUT2D eigenvalue weighted by Gasteiger charge is -2.20. The molecule has 0 aliphatic rings. The van der Waals surface area contributed by atoms with Gasteiger partial charge in [0, 0.05) is 11.3 Å². The molecule has 2 aromatic rings. The summed E-state index contributed by atoms with van der Waals surface area (Å²) in [5.74, 6) is 1.01. The quantitative estimate of drug-likeness (QED) is 0.610. The highest BCUT2D eigenvalue weighted by molar-refractivity contribution is 7.10. The molecule has 0 spiro atoms. The highest BCUT2D eigenvalue weighted by atomic mass is 32.1. The zero-order valence-electron chi connectivity index (χ0n) is 14.2. The van der Waals surface area contributed by atoms with Gasteiger partial charge >= 0.3 is 0 Å². The van der Waals surface area contributed by atoms with Gasteiger partial charge in [-0.2, -0.15) is 0 Å². The highest BCUT2D eigenvalue weighted by Crippen LogP contribution is 2.30. The number of hydrogen-bond acceptors (Lipinski definition) is 4. The predicted octanol–water partition coefficient (Wildman–Crippen LogP) is 4.02. The van der Waals surface area contributed by atoms with Crippen molar-refractivity contribution in [2.45, 2.75) is 32.8 Å². The van der Waals surface area contributed by atoms with Gasteiger partial charge < -0.3 is 15.4 Å². The van der Waals surface area contributed by atoms with Crippen LogP contribution in [0.3, 0.4) is 0 Å². The average Bonchev–Trinajstić information content (AvgIpc) is 3.10. The second-order valence-corrected chi connectivity index (χ2v) is 6.45. The maximum atomic E-state index is 6.41. The van der Waals surface area contributed by atoms with E-state index in [1.165, 1.54) is 10.4 Å². The second-order valence-electron chi connectivity index (χ2n) is 5.48. The van der Waals surface area contributed by atoms with Crippen molar-refractivity contribution in [3.63, 3.8) is 0 Å². The minimum absolute atomic E-state index is 0.120. The van der Waals surface area contributed by atoms with Crippen LogP contribution in [-0.2, 0) is 6.42 Å². The number of para-hydroxylation sites is 1.